The van der Waals surface area contributed by atoms with Crippen LogP contribution in [0, 0.1) is 0 Å². The molecule has 3 unspecified atom stereocenters. The zero-order valence-electron chi connectivity index (χ0n) is 23.6. The van der Waals surface area contributed by atoms with Gasteiger partial charge in [0.2, 0.25) is 17.7 Å². The van der Waals surface area contributed by atoms with Crippen molar-refractivity contribution in [3.05, 3.63) is 63.6 Å². The molecule has 2 aromatic rings. The third-order valence-electron chi connectivity index (χ3n) is 7.11. The first-order valence-corrected chi connectivity index (χ1v) is 14.4. The Morgan fingerprint density at radius 2 is 1.63 bits per heavy atom. The first-order valence-electron chi connectivity index (χ1n) is 13.7. The fourth-order valence-electron chi connectivity index (χ4n) is 4.78. The molecular formula is C29H35Cl2N5O7. The van der Waals surface area contributed by atoms with Gasteiger partial charge in [-0.2, -0.15) is 0 Å². The number of nitrogens with zero attached hydrogens (tertiary/aromatic N) is 2. The smallest absolute Gasteiger partial charge is 0.305 e. The number of likely N-dealkylation sites (N-methyl/N-ethyl adjacent to an activating group) is 1. The van der Waals surface area contributed by atoms with E-state index in [1.807, 2.05) is 6.07 Å². The number of carboxylic acid groups (broad SMARTS) is 2. The molecule has 1 saturated heterocycles. The van der Waals surface area contributed by atoms with Gasteiger partial charge >= 0.3 is 11.9 Å². The van der Waals surface area contributed by atoms with Gasteiger partial charge in [-0.15, -0.1) is 0 Å². The summed E-state index contributed by atoms with van der Waals surface area (Å²) >= 11 is 12.2. The lowest BCUT2D eigenvalue weighted by Crippen LogP contribution is -2.51. The van der Waals surface area contributed by atoms with Crippen LogP contribution in [0.25, 0.3) is 0 Å². The van der Waals surface area contributed by atoms with Crippen LogP contribution in [0.4, 0.5) is 5.69 Å². The van der Waals surface area contributed by atoms with Gasteiger partial charge in [-0.05, 0) is 61.3 Å². The Morgan fingerprint density at radius 3 is 2.26 bits per heavy atom. The Kier molecular flexibility index (Phi) is 12.3. The quantitative estimate of drug-likeness (QED) is 0.208. The summed E-state index contributed by atoms with van der Waals surface area (Å²) in [6.45, 7) is 2.34. The number of hydrogen-bond acceptors (Lipinski definition) is 7. The van der Waals surface area contributed by atoms with Gasteiger partial charge in [0.25, 0.3) is 0 Å². The van der Waals surface area contributed by atoms with Gasteiger partial charge in [0.05, 0.1) is 41.4 Å². The number of aliphatic carboxylic acids is 2. The highest BCUT2D eigenvalue weighted by molar-refractivity contribution is 6.42. The highest BCUT2D eigenvalue weighted by Gasteiger charge is 2.29. The zero-order valence-corrected chi connectivity index (χ0v) is 25.1. The zero-order chi connectivity index (χ0) is 31.7. The van der Waals surface area contributed by atoms with Crippen LogP contribution in [0.1, 0.15) is 42.9 Å². The van der Waals surface area contributed by atoms with Crippen molar-refractivity contribution in [1.82, 2.24) is 15.1 Å². The normalized spacial score (nSPS) is 15.3. The van der Waals surface area contributed by atoms with Crippen LogP contribution in [-0.2, 0) is 30.4 Å². The molecule has 14 heteroatoms. The van der Waals surface area contributed by atoms with Crippen molar-refractivity contribution in [3.8, 4) is 0 Å². The van der Waals surface area contributed by atoms with E-state index in [1.165, 1.54) is 0 Å². The number of anilines is 1. The molecule has 0 radical (unpaired) electrons. The van der Waals surface area contributed by atoms with Gasteiger partial charge in [-0.25, -0.2) is 0 Å². The third-order valence-corrected chi connectivity index (χ3v) is 7.85. The largest absolute Gasteiger partial charge is 0.481 e. The minimum Gasteiger partial charge on any atom is -0.481 e. The summed E-state index contributed by atoms with van der Waals surface area (Å²) in [5.41, 5.74) is 7.33. The van der Waals surface area contributed by atoms with E-state index in [9.17, 15) is 29.1 Å². The minimum absolute atomic E-state index is 0.0981. The Hall–Kier alpha value is -3.71. The topological polar surface area (TPSA) is 182 Å². The van der Waals surface area contributed by atoms with Crippen LogP contribution in [0.5, 0.6) is 0 Å². The third kappa shape index (κ3) is 10.2. The molecule has 0 aromatic heterocycles. The van der Waals surface area contributed by atoms with E-state index >= 15 is 0 Å². The van der Waals surface area contributed by atoms with Gasteiger partial charge in [0, 0.05) is 19.3 Å². The first-order chi connectivity index (χ1) is 20.3. The van der Waals surface area contributed by atoms with E-state index in [-0.39, 0.29) is 18.4 Å². The molecule has 2 aromatic carbocycles. The summed E-state index contributed by atoms with van der Waals surface area (Å²) in [7, 11) is 1.71. The van der Waals surface area contributed by atoms with Crippen molar-refractivity contribution in [1.29, 1.82) is 0 Å². The molecule has 232 valence electrons. The molecule has 1 heterocycles. The van der Waals surface area contributed by atoms with Crippen LogP contribution in [0.2, 0.25) is 10.0 Å². The van der Waals surface area contributed by atoms with Gasteiger partial charge in [0.15, 0.2) is 0 Å². The number of amides is 3. The number of carbonyl (C=O) groups is 5. The highest BCUT2D eigenvalue weighted by atomic mass is 35.5. The number of carboxylic acids is 2. The van der Waals surface area contributed by atoms with Crippen molar-refractivity contribution in [2.24, 2.45) is 5.73 Å². The van der Waals surface area contributed by atoms with Crippen LogP contribution in [0.3, 0.4) is 0 Å². The molecular weight excluding hydrogens is 601 g/mol. The minimum atomic E-state index is -1.51. The number of rotatable bonds is 14. The monoisotopic (exact) mass is 635 g/mol. The predicted octanol–water partition coefficient (Wildman–Crippen LogP) is 2.53. The second-order valence-corrected chi connectivity index (χ2v) is 11.2. The van der Waals surface area contributed by atoms with E-state index in [0.717, 1.165) is 31.5 Å². The van der Waals surface area contributed by atoms with Crippen molar-refractivity contribution < 1.29 is 34.2 Å². The lowest BCUT2D eigenvalue weighted by atomic mass is 10.0. The van der Waals surface area contributed by atoms with Gasteiger partial charge in [0.1, 0.15) is 6.04 Å². The fourth-order valence-corrected chi connectivity index (χ4v) is 5.10. The lowest BCUT2D eigenvalue weighted by molar-refractivity contribution is -0.141. The number of benzene rings is 2. The van der Waals surface area contributed by atoms with E-state index < -0.39 is 48.7 Å². The summed E-state index contributed by atoms with van der Waals surface area (Å²) in [5, 5.41) is 23.8. The van der Waals surface area contributed by atoms with E-state index in [2.05, 4.69) is 15.5 Å². The number of nitrogens with one attached hydrogen (secondary N) is 2. The van der Waals surface area contributed by atoms with Crippen LogP contribution in [-0.4, -0.2) is 88.4 Å². The standard InChI is InChI=1S/C29H35Cl2N5O7/c1-35(25(37)12-17-7-8-20(30)21(31)11-17)24(16-36-9-2-3-10-36)18-5-4-6-19(13-18)33-29(43)23(15-27(40)41)34-28(42)22(32)14-26(38)39/h4-8,11,13,22-24H,2-3,9-10,12,14-16,32H2,1H3,(H,33,43)(H,34,42)(H,38,39)(H,40,41). The van der Waals surface area contributed by atoms with Gasteiger partial charge in [-0.1, -0.05) is 41.4 Å². The molecule has 1 fully saturated rings. The Morgan fingerprint density at radius 1 is 0.953 bits per heavy atom. The molecule has 1 aliphatic heterocycles. The summed E-state index contributed by atoms with van der Waals surface area (Å²) in [6.07, 6.45) is 0.763. The average Bonchev–Trinajstić information content (AvgIpc) is 3.46. The van der Waals surface area contributed by atoms with Crippen LogP contribution < -0.4 is 16.4 Å². The molecule has 12 nitrogen and oxygen atoms in total. The number of likely N-dealkylation sites (tertiary alicyclic amines) is 1. The summed E-state index contributed by atoms with van der Waals surface area (Å²) < 4.78 is 0. The maximum absolute atomic E-state index is 13.4. The highest BCUT2D eigenvalue weighted by Crippen LogP contribution is 2.27. The molecule has 0 spiro atoms. The predicted molar refractivity (Wildman–Crippen MR) is 161 cm³/mol. The SMILES string of the molecule is CN(C(=O)Cc1ccc(Cl)c(Cl)c1)C(CN1CCCC1)c1cccc(NC(=O)C(CC(=O)O)NC(=O)C(N)CC(=O)O)c1. The maximum atomic E-state index is 13.4. The van der Waals surface area contributed by atoms with Crippen molar-refractivity contribution in [2.75, 3.05) is 32.0 Å². The molecule has 3 rings (SSSR count). The second-order valence-electron chi connectivity index (χ2n) is 10.4. The first kappa shape index (κ1) is 33.8. The number of carbonyl (C=O) groups excluding carboxylic acids is 3. The van der Waals surface area contributed by atoms with E-state index in [4.69, 9.17) is 34.0 Å². The molecule has 0 bridgehead atoms. The maximum Gasteiger partial charge on any atom is 0.305 e. The van der Waals surface area contributed by atoms with Crippen LogP contribution >= 0.6 is 23.2 Å². The lowest BCUT2D eigenvalue weighted by Gasteiger charge is -2.32. The molecule has 3 atom stereocenters. The van der Waals surface area contributed by atoms with E-state index in [1.54, 1.807) is 48.3 Å². The number of nitrogens with two attached hydrogens (primary N) is 1. The summed E-state index contributed by atoms with van der Waals surface area (Å²) in [6, 6.07) is 8.51. The number of halogens is 2. The van der Waals surface area contributed by atoms with Gasteiger partial charge < -0.3 is 36.4 Å². The molecule has 3 amide bonds. The van der Waals surface area contributed by atoms with Crippen molar-refractivity contribution in [3.63, 3.8) is 0 Å². The number of hydrogen-bond donors (Lipinski definition) is 5. The summed E-state index contributed by atoms with van der Waals surface area (Å²) in [5.74, 6) is -4.61. The Balaban J connectivity index is 1.80. The molecule has 43 heavy (non-hydrogen) atoms. The van der Waals surface area contributed by atoms with Gasteiger partial charge in [-0.3, -0.25) is 24.0 Å². The van der Waals surface area contributed by atoms with Crippen LogP contribution in [0.15, 0.2) is 42.5 Å². The molecule has 0 saturated carbocycles. The van der Waals surface area contributed by atoms with Crippen molar-refractivity contribution >= 4 is 58.5 Å². The molecule has 1 aliphatic rings. The van der Waals surface area contributed by atoms with Crippen molar-refractivity contribution in [2.45, 2.75) is 50.2 Å². The summed E-state index contributed by atoms with van der Waals surface area (Å²) in [4.78, 5) is 64.9. The second kappa shape index (κ2) is 15.7. The fraction of sp³-hybridized carbons (Fsp3) is 0.414. The average molecular weight is 637 g/mol. The van der Waals surface area contributed by atoms with E-state index in [0.29, 0.717) is 27.8 Å². The Labute approximate surface area is 259 Å². The Bertz CT molecular complexity index is 1350. The molecule has 0 aliphatic carbocycles. The molecule has 6 N–H and O–H groups in total.